The normalized spacial score (nSPS) is 13.7. The zero-order valence-electron chi connectivity index (χ0n) is 14.0. The van der Waals surface area contributed by atoms with Gasteiger partial charge in [-0.1, -0.05) is 44.7 Å². The number of aromatic hydroxyl groups is 1. The number of nitrogens with one attached hydrogen (secondary N) is 1. The van der Waals surface area contributed by atoms with Crippen LogP contribution in [0.5, 0.6) is 5.75 Å². The summed E-state index contributed by atoms with van der Waals surface area (Å²) in [5, 5.41) is 18.7. The lowest BCUT2D eigenvalue weighted by Gasteiger charge is -2.23. The van der Waals surface area contributed by atoms with Gasteiger partial charge >= 0.3 is 0 Å². The number of phenols is 1. The molecule has 0 fully saturated rings. The van der Waals surface area contributed by atoms with Crippen LogP contribution in [0.3, 0.4) is 0 Å². The van der Waals surface area contributed by atoms with Crippen molar-refractivity contribution in [1.29, 1.82) is 0 Å². The van der Waals surface area contributed by atoms with Crippen molar-refractivity contribution in [2.45, 2.75) is 32.9 Å². The van der Waals surface area contributed by atoms with Crippen molar-refractivity contribution in [2.75, 3.05) is 0 Å². The molecule has 0 radical (unpaired) electrons. The van der Waals surface area contributed by atoms with E-state index in [4.69, 9.17) is 0 Å². The second kappa shape index (κ2) is 5.41. The molecule has 0 saturated carbocycles. The number of fused-ring (bicyclic) bond motifs is 2. The standard InChI is InChI=1S/C20H21N3O/c1-12(2)16-8-17(20(24)19-18(16)9-21-22-19)13(3)23-10-14-6-4-5-7-15(14)11-23/h4-9,12,24H,3,10-11H2,1-2H3,(H,21,22). The van der Waals surface area contributed by atoms with E-state index in [1.165, 1.54) is 16.7 Å². The number of aromatic nitrogens is 2. The third kappa shape index (κ3) is 2.18. The van der Waals surface area contributed by atoms with Gasteiger partial charge < -0.3 is 10.0 Å². The van der Waals surface area contributed by atoms with Crippen LogP contribution in [0.1, 0.15) is 42.0 Å². The average molecular weight is 319 g/mol. The summed E-state index contributed by atoms with van der Waals surface area (Å²) in [5.41, 5.74) is 6.14. The summed E-state index contributed by atoms with van der Waals surface area (Å²) >= 11 is 0. The van der Waals surface area contributed by atoms with E-state index >= 15 is 0 Å². The molecule has 122 valence electrons. The molecule has 1 aliphatic rings. The fourth-order valence-corrected chi connectivity index (χ4v) is 3.51. The van der Waals surface area contributed by atoms with E-state index < -0.39 is 0 Å². The second-order valence-electron chi connectivity index (χ2n) is 6.75. The van der Waals surface area contributed by atoms with Crippen molar-refractivity contribution in [3.63, 3.8) is 0 Å². The van der Waals surface area contributed by atoms with Gasteiger partial charge in [-0.15, -0.1) is 0 Å². The second-order valence-corrected chi connectivity index (χ2v) is 6.75. The Hall–Kier alpha value is -2.75. The van der Waals surface area contributed by atoms with Crippen molar-refractivity contribution in [3.8, 4) is 5.75 Å². The van der Waals surface area contributed by atoms with Gasteiger partial charge in [0, 0.05) is 29.7 Å². The summed E-state index contributed by atoms with van der Waals surface area (Å²) < 4.78 is 0. The Labute approximate surface area is 141 Å². The first-order valence-electron chi connectivity index (χ1n) is 8.26. The van der Waals surface area contributed by atoms with Gasteiger partial charge in [-0.2, -0.15) is 5.10 Å². The first kappa shape index (κ1) is 14.8. The maximum Gasteiger partial charge on any atom is 0.150 e. The molecule has 0 atom stereocenters. The number of nitrogens with zero attached hydrogens (tertiary/aromatic N) is 2. The Balaban J connectivity index is 1.77. The van der Waals surface area contributed by atoms with Crippen molar-refractivity contribution in [2.24, 2.45) is 0 Å². The molecule has 0 spiro atoms. The molecule has 3 aromatic rings. The fourth-order valence-electron chi connectivity index (χ4n) is 3.51. The lowest BCUT2D eigenvalue weighted by Crippen LogP contribution is -2.14. The Bertz CT molecular complexity index is 914. The van der Waals surface area contributed by atoms with Gasteiger partial charge in [-0.3, -0.25) is 5.10 Å². The maximum atomic E-state index is 10.7. The summed E-state index contributed by atoms with van der Waals surface area (Å²) in [6, 6.07) is 10.5. The Morgan fingerprint density at radius 2 is 1.92 bits per heavy atom. The Kier molecular flexibility index (Phi) is 3.34. The highest BCUT2D eigenvalue weighted by Crippen LogP contribution is 2.39. The van der Waals surface area contributed by atoms with Crippen LogP contribution in [0.15, 0.2) is 43.1 Å². The zero-order chi connectivity index (χ0) is 16.8. The highest BCUT2D eigenvalue weighted by Gasteiger charge is 2.24. The number of benzene rings is 2. The first-order valence-corrected chi connectivity index (χ1v) is 8.26. The van der Waals surface area contributed by atoms with Crippen LogP contribution < -0.4 is 0 Å². The number of rotatable bonds is 3. The van der Waals surface area contributed by atoms with Crippen molar-refractivity contribution < 1.29 is 5.11 Å². The molecule has 24 heavy (non-hydrogen) atoms. The van der Waals surface area contributed by atoms with Crippen LogP contribution in [-0.2, 0) is 13.1 Å². The number of phenolic OH excluding ortho intramolecular Hbond substituents is 1. The molecule has 0 unspecified atom stereocenters. The van der Waals surface area contributed by atoms with Crippen LogP contribution in [0, 0.1) is 0 Å². The highest BCUT2D eigenvalue weighted by molar-refractivity contribution is 5.92. The minimum absolute atomic E-state index is 0.229. The van der Waals surface area contributed by atoms with Crippen molar-refractivity contribution in [1.82, 2.24) is 15.1 Å². The first-order chi connectivity index (χ1) is 11.6. The van der Waals surface area contributed by atoms with Crippen molar-refractivity contribution >= 4 is 16.6 Å². The van der Waals surface area contributed by atoms with Gasteiger partial charge in [0.25, 0.3) is 0 Å². The summed E-state index contributed by atoms with van der Waals surface area (Å²) in [6.45, 7) is 10.2. The predicted octanol–water partition coefficient (Wildman–Crippen LogP) is 4.38. The number of hydrogen-bond donors (Lipinski definition) is 2. The summed E-state index contributed by atoms with van der Waals surface area (Å²) in [6.07, 6.45) is 1.78. The van der Waals surface area contributed by atoms with Gasteiger partial charge in [-0.25, -0.2) is 0 Å². The van der Waals surface area contributed by atoms with Gasteiger partial charge in [0.1, 0.15) is 5.52 Å². The summed E-state index contributed by atoms with van der Waals surface area (Å²) in [7, 11) is 0. The van der Waals surface area contributed by atoms with Crippen LogP contribution in [-0.4, -0.2) is 20.2 Å². The van der Waals surface area contributed by atoms with Crippen LogP contribution >= 0.6 is 0 Å². The monoisotopic (exact) mass is 319 g/mol. The molecule has 2 aromatic carbocycles. The van der Waals surface area contributed by atoms with Crippen LogP contribution in [0.25, 0.3) is 16.6 Å². The van der Waals surface area contributed by atoms with Gasteiger partial charge in [0.2, 0.25) is 0 Å². The lowest BCUT2D eigenvalue weighted by molar-refractivity contribution is 0.417. The quantitative estimate of drug-likeness (QED) is 0.753. The Morgan fingerprint density at radius 3 is 2.54 bits per heavy atom. The molecule has 0 aliphatic carbocycles. The van der Waals surface area contributed by atoms with E-state index in [1.54, 1.807) is 6.20 Å². The summed E-state index contributed by atoms with van der Waals surface area (Å²) in [5.74, 6) is 0.570. The van der Waals surface area contributed by atoms with Gasteiger partial charge in [0.15, 0.2) is 5.75 Å². The molecule has 4 nitrogen and oxygen atoms in total. The van der Waals surface area contributed by atoms with Crippen LogP contribution in [0.4, 0.5) is 0 Å². The third-order valence-electron chi connectivity index (χ3n) is 4.90. The van der Waals surface area contributed by atoms with E-state index in [9.17, 15) is 5.11 Å². The maximum absolute atomic E-state index is 10.7. The molecule has 0 saturated heterocycles. The minimum atomic E-state index is 0.229. The molecule has 4 rings (SSSR count). The topological polar surface area (TPSA) is 52.1 Å². The number of H-pyrrole nitrogens is 1. The molecule has 4 heteroatoms. The predicted molar refractivity (Wildman–Crippen MR) is 96.6 cm³/mol. The highest BCUT2D eigenvalue weighted by atomic mass is 16.3. The minimum Gasteiger partial charge on any atom is -0.505 e. The van der Waals surface area contributed by atoms with Gasteiger partial charge in [0.05, 0.1) is 6.20 Å². The SMILES string of the molecule is C=C(c1cc(C(C)C)c2cn[nH]c2c1O)N1Cc2ccccc2C1. The largest absolute Gasteiger partial charge is 0.505 e. The molecule has 2 heterocycles. The third-order valence-corrected chi connectivity index (χ3v) is 4.90. The molecular weight excluding hydrogens is 298 g/mol. The van der Waals surface area contributed by atoms with Gasteiger partial charge in [-0.05, 0) is 28.7 Å². The molecule has 0 bridgehead atoms. The Morgan fingerprint density at radius 1 is 1.25 bits per heavy atom. The number of aromatic amines is 1. The molecule has 1 aromatic heterocycles. The van der Waals surface area contributed by atoms with E-state index in [0.717, 1.165) is 29.7 Å². The van der Waals surface area contributed by atoms with Crippen LogP contribution in [0.2, 0.25) is 0 Å². The van der Waals surface area contributed by atoms with E-state index in [1.807, 2.05) is 0 Å². The smallest absolute Gasteiger partial charge is 0.150 e. The van der Waals surface area contributed by atoms with Crippen molar-refractivity contribution in [3.05, 3.63) is 65.4 Å². The molecular formula is C20H21N3O. The van der Waals surface area contributed by atoms with E-state index in [-0.39, 0.29) is 5.75 Å². The fraction of sp³-hybridized carbons (Fsp3) is 0.250. The molecule has 1 aliphatic heterocycles. The summed E-state index contributed by atoms with van der Waals surface area (Å²) in [4.78, 5) is 2.21. The lowest BCUT2D eigenvalue weighted by atomic mass is 9.95. The number of hydrogen-bond acceptors (Lipinski definition) is 3. The molecule has 2 N–H and O–H groups in total. The zero-order valence-corrected chi connectivity index (χ0v) is 14.0. The average Bonchev–Trinajstić information content (AvgIpc) is 3.21. The van der Waals surface area contributed by atoms with E-state index in [2.05, 4.69) is 65.9 Å². The van der Waals surface area contributed by atoms with E-state index in [0.29, 0.717) is 11.4 Å². The molecule has 0 amide bonds.